The predicted octanol–water partition coefficient (Wildman–Crippen LogP) is 3.34. The number of nitro groups is 1. The number of benzene rings is 1. The third kappa shape index (κ3) is 5.77. The molecule has 10 heteroatoms. The van der Waals surface area contributed by atoms with Crippen molar-refractivity contribution >= 4 is 17.6 Å². The Morgan fingerprint density at radius 2 is 1.52 bits per heavy atom. The fourth-order valence-corrected chi connectivity index (χ4v) is 3.68. The van der Waals surface area contributed by atoms with Crippen LogP contribution in [0.1, 0.15) is 46.1 Å². The first-order chi connectivity index (χ1) is 15.8. The molecule has 0 aromatic heterocycles. The van der Waals surface area contributed by atoms with Crippen LogP contribution < -0.4 is 5.32 Å². The summed E-state index contributed by atoms with van der Waals surface area (Å²) in [7, 11) is 0. The van der Waals surface area contributed by atoms with E-state index in [4.69, 9.17) is 18.9 Å². The van der Waals surface area contributed by atoms with Gasteiger partial charge in [0.25, 0.3) is 5.69 Å². The molecular weight excluding hydrogens is 432 g/mol. The third-order valence-corrected chi connectivity index (χ3v) is 4.90. The second kappa shape index (κ2) is 12.1. The maximum absolute atomic E-state index is 13.2. The molecule has 0 aliphatic carbocycles. The Kier molecular flexibility index (Phi) is 9.56. The summed E-state index contributed by atoms with van der Waals surface area (Å²) in [6, 6.07) is 5.95. The van der Waals surface area contributed by atoms with Crippen LogP contribution in [-0.4, -0.2) is 49.6 Å². The molecular formula is C23H30N2O8. The van der Waals surface area contributed by atoms with E-state index >= 15 is 0 Å². The first-order valence-electron chi connectivity index (χ1n) is 10.8. The van der Waals surface area contributed by atoms with Crippen molar-refractivity contribution in [2.45, 2.75) is 46.8 Å². The van der Waals surface area contributed by atoms with Crippen LogP contribution in [0.25, 0.3) is 0 Å². The van der Waals surface area contributed by atoms with E-state index in [-0.39, 0.29) is 54.5 Å². The largest absolute Gasteiger partial charge is 0.463 e. The monoisotopic (exact) mass is 462 g/mol. The lowest BCUT2D eigenvalue weighted by molar-refractivity contribution is -0.385. The highest BCUT2D eigenvalue weighted by Gasteiger charge is 2.43. The molecule has 0 saturated heterocycles. The molecule has 1 aromatic rings. The molecule has 0 amide bonds. The summed E-state index contributed by atoms with van der Waals surface area (Å²) in [6.45, 7) is 9.16. The summed E-state index contributed by atoms with van der Waals surface area (Å²) in [5.74, 6) is -2.58. The van der Waals surface area contributed by atoms with Gasteiger partial charge in [0.15, 0.2) is 6.29 Å². The number of ether oxygens (including phenoxy) is 4. The summed E-state index contributed by atoms with van der Waals surface area (Å²) >= 11 is 0. The number of carbonyl (C=O) groups is 2. The van der Waals surface area contributed by atoms with Gasteiger partial charge >= 0.3 is 11.9 Å². The Labute approximate surface area is 192 Å². The van der Waals surface area contributed by atoms with Crippen LogP contribution >= 0.6 is 0 Å². The fourth-order valence-electron chi connectivity index (χ4n) is 3.68. The number of allylic oxidation sites excluding steroid dienone is 1. The van der Waals surface area contributed by atoms with Crippen molar-refractivity contribution in [1.29, 1.82) is 0 Å². The van der Waals surface area contributed by atoms with E-state index in [0.717, 1.165) is 0 Å². The first-order valence-corrected chi connectivity index (χ1v) is 10.8. The van der Waals surface area contributed by atoms with E-state index in [1.807, 2.05) is 0 Å². The van der Waals surface area contributed by atoms with Crippen molar-refractivity contribution in [2.24, 2.45) is 0 Å². The number of rotatable bonds is 11. The second-order valence-corrected chi connectivity index (χ2v) is 6.92. The van der Waals surface area contributed by atoms with Gasteiger partial charge in [-0.25, -0.2) is 9.59 Å². The van der Waals surface area contributed by atoms with Crippen LogP contribution in [0.2, 0.25) is 0 Å². The average Bonchev–Trinajstić information content (AvgIpc) is 2.78. The molecule has 0 bridgehead atoms. The predicted molar refractivity (Wildman–Crippen MR) is 119 cm³/mol. The molecule has 0 saturated carbocycles. The number of dihydropyridines is 1. The van der Waals surface area contributed by atoms with Crippen LogP contribution in [-0.2, 0) is 28.5 Å². The lowest BCUT2D eigenvalue weighted by Crippen LogP contribution is -2.39. The number of hydrogen-bond donors (Lipinski definition) is 1. The van der Waals surface area contributed by atoms with Gasteiger partial charge < -0.3 is 24.3 Å². The van der Waals surface area contributed by atoms with Crippen LogP contribution in [0.5, 0.6) is 0 Å². The Bertz CT molecular complexity index is 948. The Balaban J connectivity index is 2.90. The van der Waals surface area contributed by atoms with Crippen molar-refractivity contribution in [2.75, 3.05) is 26.4 Å². The SMILES string of the molecule is CCOC(=O)C1=C(C)NC(C(OCC)OCC)=C(C(=O)OCC)C1c1ccccc1[N+](=O)[O-]. The molecule has 0 spiro atoms. The van der Waals surface area contributed by atoms with Crippen molar-refractivity contribution in [3.05, 3.63) is 62.5 Å². The smallest absolute Gasteiger partial charge is 0.336 e. The highest BCUT2D eigenvalue weighted by Crippen LogP contribution is 2.43. The fraction of sp³-hybridized carbons (Fsp3) is 0.478. The molecule has 33 heavy (non-hydrogen) atoms. The van der Waals surface area contributed by atoms with E-state index in [1.165, 1.54) is 18.2 Å². The number of nitrogens with zero attached hydrogens (tertiary/aromatic N) is 1. The number of nitro benzene ring substituents is 1. The zero-order valence-corrected chi connectivity index (χ0v) is 19.5. The molecule has 1 unspecified atom stereocenters. The second-order valence-electron chi connectivity index (χ2n) is 6.92. The summed E-state index contributed by atoms with van der Waals surface area (Å²) in [5, 5.41) is 14.9. The van der Waals surface area contributed by atoms with Gasteiger partial charge in [0.1, 0.15) is 0 Å². The molecule has 1 N–H and O–H groups in total. The van der Waals surface area contributed by atoms with Gasteiger partial charge in [-0.05, 0) is 34.6 Å². The number of para-hydroxylation sites is 1. The van der Waals surface area contributed by atoms with Gasteiger partial charge in [0.2, 0.25) is 0 Å². The van der Waals surface area contributed by atoms with Gasteiger partial charge in [-0.2, -0.15) is 0 Å². The molecule has 0 fully saturated rings. The standard InChI is InChI=1S/C23H30N2O8/c1-6-30-21(26)17-14(5)24-20(23(32-8-3)33-9-4)19(22(27)31-7-2)18(17)15-12-10-11-13-16(15)25(28)29/h10-13,18,23-24H,6-9H2,1-5H3. The number of carbonyl (C=O) groups excluding carboxylic acids is 2. The molecule has 10 nitrogen and oxygen atoms in total. The summed E-state index contributed by atoms with van der Waals surface area (Å²) in [4.78, 5) is 37.5. The minimum absolute atomic E-state index is 0.00768. The highest BCUT2D eigenvalue weighted by molar-refractivity contribution is 6.00. The normalized spacial score (nSPS) is 16.0. The van der Waals surface area contributed by atoms with Crippen molar-refractivity contribution in [3.63, 3.8) is 0 Å². The van der Waals surface area contributed by atoms with E-state index in [9.17, 15) is 19.7 Å². The molecule has 180 valence electrons. The van der Waals surface area contributed by atoms with Crippen LogP contribution in [0.3, 0.4) is 0 Å². The lowest BCUT2D eigenvalue weighted by atomic mass is 9.79. The number of esters is 2. The van der Waals surface area contributed by atoms with Gasteiger partial charge in [0, 0.05) is 30.5 Å². The van der Waals surface area contributed by atoms with Gasteiger partial charge in [0.05, 0.1) is 40.9 Å². The van der Waals surface area contributed by atoms with Crippen LogP contribution in [0.15, 0.2) is 46.8 Å². The summed E-state index contributed by atoms with van der Waals surface area (Å²) in [6.07, 6.45) is -0.983. The molecule has 1 atom stereocenters. The van der Waals surface area contributed by atoms with Gasteiger partial charge in [-0.1, -0.05) is 18.2 Å². The Hall–Kier alpha value is -3.24. The molecule has 1 aliphatic rings. The average molecular weight is 462 g/mol. The molecule has 0 radical (unpaired) electrons. The van der Waals surface area contributed by atoms with Gasteiger partial charge in [-0.15, -0.1) is 0 Å². The zero-order valence-electron chi connectivity index (χ0n) is 19.5. The van der Waals surface area contributed by atoms with E-state index < -0.39 is 29.1 Å². The van der Waals surface area contributed by atoms with E-state index in [0.29, 0.717) is 5.70 Å². The van der Waals surface area contributed by atoms with E-state index in [1.54, 1.807) is 40.7 Å². The highest BCUT2D eigenvalue weighted by atomic mass is 16.7. The van der Waals surface area contributed by atoms with Gasteiger partial charge in [-0.3, -0.25) is 10.1 Å². The quantitative estimate of drug-likeness (QED) is 0.228. The zero-order chi connectivity index (χ0) is 24.5. The maximum Gasteiger partial charge on any atom is 0.336 e. The van der Waals surface area contributed by atoms with Crippen LogP contribution in [0.4, 0.5) is 5.69 Å². The topological polar surface area (TPSA) is 126 Å². The van der Waals surface area contributed by atoms with Crippen molar-refractivity contribution in [1.82, 2.24) is 5.32 Å². The van der Waals surface area contributed by atoms with E-state index in [2.05, 4.69) is 5.32 Å². The molecule has 1 heterocycles. The molecule has 1 aliphatic heterocycles. The third-order valence-electron chi connectivity index (χ3n) is 4.90. The lowest BCUT2D eigenvalue weighted by Gasteiger charge is -2.33. The number of hydrogen-bond acceptors (Lipinski definition) is 9. The van der Waals surface area contributed by atoms with Crippen molar-refractivity contribution in [3.8, 4) is 0 Å². The molecule has 1 aromatic carbocycles. The Morgan fingerprint density at radius 1 is 0.970 bits per heavy atom. The minimum atomic E-state index is -1.13. The first kappa shape index (κ1) is 26.0. The number of nitrogens with one attached hydrogen (secondary N) is 1. The molecule has 2 rings (SSSR count). The minimum Gasteiger partial charge on any atom is -0.463 e. The Morgan fingerprint density at radius 3 is 2.03 bits per heavy atom. The van der Waals surface area contributed by atoms with Crippen molar-refractivity contribution < 1.29 is 33.5 Å². The van der Waals surface area contributed by atoms with Crippen LogP contribution in [0, 0.1) is 10.1 Å². The maximum atomic E-state index is 13.2. The summed E-state index contributed by atoms with van der Waals surface area (Å²) in [5.41, 5.74) is 0.564. The summed E-state index contributed by atoms with van der Waals surface area (Å²) < 4.78 is 22.0.